The molecule has 150 valence electrons. The number of carbonyl (C=O) groups excluding carboxylic acids is 2. The average Bonchev–Trinajstić information content (AvgIpc) is 3.28. The van der Waals surface area contributed by atoms with Crippen LogP contribution in [0.1, 0.15) is 43.6 Å². The van der Waals surface area contributed by atoms with Crippen LogP contribution in [0.5, 0.6) is 0 Å². The number of carbonyl (C=O) groups is 2. The standard InChI is InChI=1S/C20H27N5O2S/c1-4-16(23(2)3)19-21-22-20(25(19)13-15-9-6-5-7-10-15)28-14-18(27)24-12-8-11-17(24)26/h5-7,9-10,16H,4,8,11-14H2,1-3H3/p+1/t16-/m0/s1. The maximum absolute atomic E-state index is 12.4. The number of hydrogen-bond acceptors (Lipinski definition) is 5. The number of nitrogens with zero attached hydrogens (tertiary/aromatic N) is 4. The van der Waals surface area contributed by atoms with Gasteiger partial charge in [-0.05, 0) is 12.0 Å². The molecule has 0 aliphatic carbocycles. The van der Waals surface area contributed by atoms with E-state index in [-0.39, 0.29) is 23.6 Å². The normalized spacial score (nSPS) is 15.4. The van der Waals surface area contributed by atoms with E-state index in [1.165, 1.54) is 21.6 Å². The van der Waals surface area contributed by atoms with E-state index in [0.29, 0.717) is 19.5 Å². The molecule has 0 spiro atoms. The van der Waals surface area contributed by atoms with Crippen LogP contribution in [0.2, 0.25) is 0 Å². The molecule has 0 bridgehead atoms. The van der Waals surface area contributed by atoms with Crippen LogP contribution in [0.3, 0.4) is 0 Å². The van der Waals surface area contributed by atoms with Crippen LogP contribution in [0.15, 0.2) is 35.5 Å². The molecular formula is C20H28N5O2S+. The molecule has 1 aliphatic heterocycles. The summed E-state index contributed by atoms with van der Waals surface area (Å²) in [4.78, 5) is 26.9. The van der Waals surface area contributed by atoms with E-state index in [0.717, 1.165) is 29.4 Å². The van der Waals surface area contributed by atoms with Crippen molar-refractivity contribution in [3.05, 3.63) is 41.7 Å². The van der Waals surface area contributed by atoms with Crippen LogP contribution in [-0.4, -0.2) is 57.9 Å². The summed E-state index contributed by atoms with van der Waals surface area (Å²) in [6.45, 7) is 3.34. The summed E-state index contributed by atoms with van der Waals surface area (Å²) in [5, 5.41) is 9.58. The number of aromatic nitrogens is 3. The van der Waals surface area contributed by atoms with Gasteiger partial charge >= 0.3 is 0 Å². The Labute approximate surface area is 170 Å². The van der Waals surface area contributed by atoms with Crippen molar-refractivity contribution in [1.29, 1.82) is 0 Å². The lowest BCUT2D eigenvalue weighted by Crippen LogP contribution is -3.06. The number of rotatable bonds is 8. The van der Waals surface area contributed by atoms with Crippen LogP contribution in [0.4, 0.5) is 0 Å². The first-order valence-corrected chi connectivity index (χ1v) is 10.7. The van der Waals surface area contributed by atoms with Crippen molar-refractivity contribution in [3.63, 3.8) is 0 Å². The lowest BCUT2D eigenvalue weighted by atomic mass is 10.2. The van der Waals surface area contributed by atoms with E-state index in [1.807, 2.05) is 18.2 Å². The van der Waals surface area contributed by atoms with Gasteiger partial charge in [0.1, 0.15) is 6.04 Å². The Morgan fingerprint density at radius 3 is 2.61 bits per heavy atom. The highest BCUT2D eigenvalue weighted by Gasteiger charge is 2.28. The number of nitrogens with one attached hydrogen (secondary N) is 1. The molecule has 1 atom stereocenters. The largest absolute Gasteiger partial charge is 0.331 e. The van der Waals surface area contributed by atoms with Gasteiger partial charge in [0, 0.05) is 19.4 Å². The number of imide groups is 1. The molecule has 0 saturated carbocycles. The SMILES string of the molecule is CC[C@@H](c1nnc(SCC(=O)N2CCCC2=O)n1Cc1ccccc1)[NH+](C)C. The van der Waals surface area contributed by atoms with Crippen molar-refractivity contribution in [2.75, 3.05) is 26.4 Å². The number of quaternary nitrogens is 1. The predicted octanol–water partition coefficient (Wildman–Crippen LogP) is 1.16. The molecule has 7 nitrogen and oxygen atoms in total. The summed E-state index contributed by atoms with van der Waals surface area (Å²) in [6, 6.07) is 10.4. The number of hydrogen-bond donors (Lipinski definition) is 1. The highest BCUT2D eigenvalue weighted by Crippen LogP contribution is 2.23. The summed E-state index contributed by atoms with van der Waals surface area (Å²) in [5.74, 6) is 0.913. The fraction of sp³-hybridized carbons (Fsp3) is 0.500. The minimum absolute atomic E-state index is 0.0701. The Bertz CT molecular complexity index is 821. The molecule has 1 aromatic heterocycles. The molecule has 1 aromatic carbocycles. The topological polar surface area (TPSA) is 72.5 Å². The molecule has 1 aliphatic rings. The van der Waals surface area contributed by atoms with Gasteiger partial charge in [-0.25, -0.2) is 0 Å². The number of likely N-dealkylation sites (tertiary alicyclic amines) is 1. The summed E-state index contributed by atoms with van der Waals surface area (Å²) in [7, 11) is 4.23. The first kappa shape index (κ1) is 20.5. The zero-order valence-electron chi connectivity index (χ0n) is 16.7. The molecule has 1 N–H and O–H groups in total. The predicted molar refractivity (Wildman–Crippen MR) is 108 cm³/mol. The molecular weight excluding hydrogens is 374 g/mol. The number of benzene rings is 1. The van der Waals surface area contributed by atoms with Gasteiger partial charge in [0.05, 0.1) is 26.4 Å². The third-order valence-corrected chi connectivity index (χ3v) is 6.00. The Morgan fingerprint density at radius 1 is 1.25 bits per heavy atom. The molecule has 0 radical (unpaired) electrons. The van der Waals surface area contributed by atoms with Gasteiger partial charge in [-0.15, -0.1) is 10.2 Å². The summed E-state index contributed by atoms with van der Waals surface area (Å²) in [6.07, 6.45) is 2.17. The second-order valence-corrected chi connectivity index (χ2v) is 8.22. The third kappa shape index (κ3) is 4.62. The molecule has 3 rings (SSSR count). The number of thioether (sulfide) groups is 1. The van der Waals surface area contributed by atoms with Gasteiger partial charge in [-0.1, -0.05) is 49.0 Å². The van der Waals surface area contributed by atoms with Crippen molar-refractivity contribution in [3.8, 4) is 0 Å². The molecule has 8 heteroatoms. The molecule has 2 heterocycles. The van der Waals surface area contributed by atoms with Crippen LogP contribution < -0.4 is 4.90 Å². The van der Waals surface area contributed by atoms with Crippen LogP contribution in [0.25, 0.3) is 0 Å². The van der Waals surface area contributed by atoms with E-state index in [1.54, 1.807) is 0 Å². The van der Waals surface area contributed by atoms with E-state index in [4.69, 9.17) is 0 Å². The first-order valence-electron chi connectivity index (χ1n) is 9.74. The maximum atomic E-state index is 12.4. The fourth-order valence-corrected chi connectivity index (χ4v) is 4.37. The second-order valence-electron chi connectivity index (χ2n) is 7.28. The van der Waals surface area contributed by atoms with Gasteiger partial charge in [-0.2, -0.15) is 0 Å². The van der Waals surface area contributed by atoms with Crippen molar-refractivity contribution in [2.45, 2.75) is 43.9 Å². The first-order chi connectivity index (χ1) is 13.5. The lowest BCUT2D eigenvalue weighted by molar-refractivity contribution is -0.893. The number of amides is 2. The van der Waals surface area contributed by atoms with Gasteiger partial charge in [-0.3, -0.25) is 19.1 Å². The monoisotopic (exact) mass is 402 g/mol. The quantitative estimate of drug-likeness (QED) is 0.671. The fourth-order valence-electron chi connectivity index (χ4n) is 3.54. The summed E-state index contributed by atoms with van der Waals surface area (Å²) in [5.41, 5.74) is 1.16. The summed E-state index contributed by atoms with van der Waals surface area (Å²) >= 11 is 1.36. The minimum Gasteiger partial charge on any atom is -0.331 e. The van der Waals surface area contributed by atoms with Crippen molar-refractivity contribution in [2.24, 2.45) is 0 Å². The maximum Gasteiger partial charge on any atom is 0.239 e. The zero-order chi connectivity index (χ0) is 20.1. The van der Waals surface area contributed by atoms with Gasteiger partial charge < -0.3 is 4.90 Å². The molecule has 0 unspecified atom stereocenters. The van der Waals surface area contributed by atoms with Crippen LogP contribution in [-0.2, 0) is 16.1 Å². The smallest absolute Gasteiger partial charge is 0.239 e. The highest BCUT2D eigenvalue weighted by atomic mass is 32.2. The second kappa shape index (κ2) is 9.34. The van der Waals surface area contributed by atoms with Gasteiger partial charge in [0.25, 0.3) is 0 Å². The van der Waals surface area contributed by atoms with Crippen molar-refractivity contribution in [1.82, 2.24) is 19.7 Å². The van der Waals surface area contributed by atoms with E-state index in [9.17, 15) is 9.59 Å². The van der Waals surface area contributed by atoms with E-state index < -0.39 is 0 Å². The minimum atomic E-state index is -0.145. The van der Waals surface area contributed by atoms with Crippen LogP contribution in [0, 0.1) is 0 Å². The molecule has 2 aromatic rings. The Hall–Kier alpha value is -2.19. The Morgan fingerprint density at radius 2 is 2.00 bits per heavy atom. The van der Waals surface area contributed by atoms with Crippen LogP contribution >= 0.6 is 11.8 Å². The van der Waals surface area contributed by atoms with E-state index in [2.05, 4.69) is 47.9 Å². The van der Waals surface area contributed by atoms with Crippen molar-refractivity contribution < 1.29 is 14.5 Å². The molecule has 28 heavy (non-hydrogen) atoms. The Balaban J connectivity index is 1.82. The highest BCUT2D eigenvalue weighted by molar-refractivity contribution is 7.99. The average molecular weight is 403 g/mol. The van der Waals surface area contributed by atoms with Gasteiger partial charge in [0.2, 0.25) is 11.8 Å². The van der Waals surface area contributed by atoms with Crippen molar-refractivity contribution >= 4 is 23.6 Å². The molecule has 2 amide bonds. The third-order valence-electron chi connectivity index (χ3n) is 5.05. The lowest BCUT2D eigenvalue weighted by Gasteiger charge is -2.20. The molecule has 1 fully saturated rings. The molecule has 1 saturated heterocycles. The van der Waals surface area contributed by atoms with Gasteiger partial charge in [0.15, 0.2) is 11.0 Å². The Kier molecular flexibility index (Phi) is 6.85. The summed E-state index contributed by atoms with van der Waals surface area (Å²) < 4.78 is 2.11. The zero-order valence-corrected chi connectivity index (χ0v) is 17.5. The van der Waals surface area contributed by atoms with E-state index >= 15 is 0 Å².